The molecule has 1 amide bonds. The molecule has 0 aliphatic rings. The quantitative estimate of drug-likeness (QED) is 0.907. The molecule has 5 heteroatoms. The summed E-state index contributed by atoms with van der Waals surface area (Å²) in [5, 5.41) is 2.87. The van der Waals surface area contributed by atoms with Gasteiger partial charge < -0.3 is 19.4 Å². The molecule has 1 aromatic carbocycles. The lowest BCUT2D eigenvalue weighted by Gasteiger charge is -2.11. The van der Waals surface area contributed by atoms with Crippen LogP contribution in [0.2, 0.25) is 0 Å². The minimum Gasteiger partial charge on any atom is -0.497 e. The molecule has 106 valence electrons. The lowest BCUT2D eigenvalue weighted by molar-refractivity contribution is 0.0942. The molecule has 0 bridgehead atoms. The van der Waals surface area contributed by atoms with Crippen LogP contribution in [0.4, 0.5) is 0 Å². The van der Waals surface area contributed by atoms with Crippen molar-refractivity contribution in [2.45, 2.75) is 6.54 Å². The Balaban J connectivity index is 2.07. The van der Waals surface area contributed by atoms with Gasteiger partial charge in [0, 0.05) is 31.4 Å². The van der Waals surface area contributed by atoms with E-state index >= 15 is 0 Å². The number of benzene rings is 1. The number of nitrogens with one attached hydrogen (secondary N) is 1. The highest BCUT2D eigenvalue weighted by Crippen LogP contribution is 2.24. The molecule has 0 unspecified atom stereocenters. The van der Waals surface area contributed by atoms with Gasteiger partial charge in [0.2, 0.25) is 0 Å². The van der Waals surface area contributed by atoms with Crippen LogP contribution < -0.4 is 14.8 Å². The van der Waals surface area contributed by atoms with E-state index in [9.17, 15) is 4.79 Å². The van der Waals surface area contributed by atoms with Crippen LogP contribution in [0.15, 0.2) is 36.5 Å². The van der Waals surface area contributed by atoms with Gasteiger partial charge in [0.05, 0.1) is 14.2 Å². The molecule has 1 N–H and O–H groups in total. The van der Waals surface area contributed by atoms with Gasteiger partial charge in [0.15, 0.2) is 0 Å². The number of ether oxygens (including phenoxy) is 2. The van der Waals surface area contributed by atoms with Gasteiger partial charge in [0.25, 0.3) is 5.91 Å². The van der Waals surface area contributed by atoms with E-state index in [1.807, 2.05) is 31.4 Å². The highest BCUT2D eigenvalue weighted by atomic mass is 16.5. The second kappa shape index (κ2) is 6.14. The largest absolute Gasteiger partial charge is 0.497 e. The number of carbonyl (C=O) groups is 1. The standard InChI is InChI=1S/C15H18N2O3/c1-17-8-4-5-13(17)15(18)16-10-11-6-7-12(19-2)9-14(11)20-3/h4-9H,10H2,1-3H3,(H,16,18). The highest BCUT2D eigenvalue weighted by molar-refractivity contribution is 5.92. The predicted molar refractivity (Wildman–Crippen MR) is 76.1 cm³/mol. The molecule has 0 aliphatic heterocycles. The first kappa shape index (κ1) is 14.0. The first-order chi connectivity index (χ1) is 9.65. The van der Waals surface area contributed by atoms with Crippen LogP contribution in [-0.2, 0) is 13.6 Å². The maximum Gasteiger partial charge on any atom is 0.268 e. The van der Waals surface area contributed by atoms with Crippen LogP contribution in [0.5, 0.6) is 11.5 Å². The summed E-state index contributed by atoms with van der Waals surface area (Å²) in [6.07, 6.45) is 1.84. The van der Waals surface area contributed by atoms with E-state index in [1.54, 1.807) is 30.9 Å². The summed E-state index contributed by atoms with van der Waals surface area (Å²) in [5.74, 6) is 1.30. The van der Waals surface area contributed by atoms with Crippen molar-refractivity contribution in [1.29, 1.82) is 0 Å². The van der Waals surface area contributed by atoms with Crippen LogP contribution in [0.1, 0.15) is 16.1 Å². The van der Waals surface area contributed by atoms with E-state index in [4.69, 9.17) is 9.47 Å². The molecule has 1 heterocycles. The number of aromatic nitrogens is 1. The van der Waals surface area contributed by atoms with E-state index in [2.05, 4.69) is 5.32 Å². The van der Waals surface area contributed by atoms with Crippen molar-refractivity contribution in [3.05, 3.63) is 47.8 Å². The summed E-state index contributed by atoms with van der Waals surface area (Å²) in [6, 6.07) is 9.13. The predicted octanol–water partition coefficient (Wildman–Crippen LogP) is 1.97. The molecule has 5 nitrogen and oxygen atoms in total. The van der Waals surface area contributed by atoms with Crippen molar-refractivity contribution in [3.8, 4) is 11.5 Å². The molecule has 0 saturated carbocycles. The summed E-state index contributed by atoms with van der Waals surface area (Å²) in [7, 11) is 5.03. The van der Waals surface area contributed by atoms with E-state index in [-0.39, 0.29) is 5.91 Å². The monoisotopic (exact) mass is 274 g/mol. The Labute approximate surface area is 118 Å². The van der Waals surface area contributed by atoms with Gasteiger partial charge >= 0.3 is 0 Å². The molecule has 2 aromatic rings. The molecule has 0 radical (unpaired) electrons. The number of carbonyl (C=O) groups excluding carboxylic acids is 1. The fourth-order valence-corrected chi connectivity index (χ4v) is 1.96. The molecule has 0 fully saturated rings. The Morgan fingerprint density at radius 2 is 2.05 bits per heavy atom. The minimum absolute atomic E-state index is 0.115. The van der Waals surface area contributed by atoms with E-state index < -0.39 is 0 Å². The van der Waals surface area contributed by atoms with Crippen molar-refractivity contribution in [3.63, 3.8) is 0 Å². The van der Waals surface area contributed by atoms with Gasteiger partial charge in [-0.2, -0.15) is 0 Å². The van der Waals surface area contributed by atoms with Gasteiger partial charge in [-0.05, 0) is 24.3 Å². The lowest BCUT2D eigenvalue weighted by atomic mass is 10.2. The molecule has 0 atom stereocenters. The summed E-state index contributed by atoms with van der Waals surface area (Å²) < 4.78 is 12.2. The zero-order chi connectivity index (χ0) is 14.5. The maximum absolute atomic E-state index is 12.0. The second-order valence-electron chi connectivity index (χ2n) is 4.36. The van der Waals surface area contributed by atoms with Gasteiger partial charge in [-0.1, -0.05) is 0 Å². The third-order valence-corrected chi connectivity index (χ3v) is 3.11. The van der Waals surface area contributed by atoms with E-state index in [0.717, 1.165) is 11.3 Å². The third-order valence-electron chi connectivity index (χ3n) is 3.11. The zero-order valence-electron chi connectivity index (χ0n) is 11.8. The zero-order valence-corrected chi connectivity index (χ0v) is 11.8. The van der Waals surface area contributed by atoms with Crippen molar-refractivity contribution >= 4 is 5.91 Å². The first-order valence-electron chi connectivity index (χ1n) is 6.26. The molecule has 20 heavy (non-hydrogen) atoms. The van der Waals surface area contributed by atoms with Crippen molar-refractivity contribution in [2.75, 3.05) is 14.2 Å². The molecule has 2 rings (SSSR count). The van der Waals surface area contributed by atoms with Crippen LogP contribution in [0, 0.1) is 0 Å². The van der Waals surface area contributed by atoms with Crippen LogP contribution >= 0.6 is 0 Å². The van der Waals surface area contributed by atoms with Gasteiger partial charge in [-0.15, -0.1) is 0 Å². The fraction of sp³-hybridized carbons (Fsp3) is 0.267. The van der Waals surface area contributed by atoms with Gasteiger partial charge in [-0.25, -0.2) is 0 Å². The van der Waals surface area contributed by atoms with Crippen molar-refractivity contribution < 1.29 is 14.3 Å². The number of hydrogen-bond donors (Lipinski definition) is 1. The number of methoxy groups -OCH3 is 2. The minimum atomic E-state index is -0.115. The highest BCUT2D eigenvalue weighted by Gasteiger charge is 2.10. The fourth-order valence-electron chi connectivity index (χ4n) is 1.96. The molecule has 1 aromatic heterocycles. The topological polar surface area (TPSA) is 52.5 Å². The molecule has 0 saturated heterocycles. The average Bonchev–Trinajstić information content (AvgIpc) is 2.90. The molecular weight excluding hydrogens is 256 g/mol. The third kappa shape index (κ3) is 2.93. The second-order valence-corrected chi connectivity index (χ2v) is 4.36. The SMILES string of the molecule is COc1ccc(CNC(=O)c2cccn2C)c(OC)c1. The Morgan fingerprint density at radius 3 is 2.65 bits per heavy atom. The normalized spacial score (nSPS) is 10.2. The average molecular weight is 274 g/mol. The lowest BCUT2D eigenvalue weighted by Crippen LogP contribution is -2.24. The Kier molecular flexibility index (Phi) is 4.30. The maximum atomic E-state index is 12.0. The summed E-state index contributed by atoms with van der Waals surface area (Å²) in [6.45, 7) is 0.400. The molecule has 0 spiro atoms. The number of amides is 1. The molecule has 0 aliphatic carbocycles. The summed E-state index contributed by atoms with van der Waals surface area (Å²) >= 11 is 0. The Hall–Kier alpha value is -2.43. The smallest absolute Gasteiger partial charge is 0.268 e. The first-order valence-corrected chi connectivity index (χ1v) is 6.26. The number of aryl methyl sites for hydroxylation is 1. The van der Waals surface area contributed by atoms with Gasteiger partial charge in [-0.3, -0.25) is 4.79 Å². The van der Waals surface area contributed by atoms with Crippen LogP contribution in [0.25, 0.3) is 0 Å². The summed E-state index contributed by atoms with van der Waals surface area (Å²) in [5.41, 5.74) is 1.52. The van der Waals surface area contributed by atoms with Crippen molar-refractivity contribution in [1.82, 2.24) is 9.88 Å². The van der Waals surface area contributed by atoms with Gasteiger partial charge in [0.1, 0.15) is 17.2 Å². The van der Waals surface area contributed by atoms with Crippen LogP contribution in [-0.4, -0.2) is 24.7 Å². The number of rotatable bonds is 5. The van der Waals surface area contributed by atoms with Crippen LogP contribution in [0.3, 0.4) is 0 Å². The van der Waals surface area contributed by atoms with E-state index in [0.29, 0.717) is 18.0 Å². The summed E-state index contributed by atoms with van der Waals surface area (Å²) in [4.78, 5) is 12.0. The molecular formula is C15H18N2O3. The van der Waals surface area contributed by atoms with Crippen molar-refractivity contribution in [2.24, 2.45) is 7.05 Å². The Bertz CT molecular complexity index is 605. The Morgan fingerprint density at radius 1 is 1.25 bits per heavy atom. The number of nitrogens with zero attached hydrogens (tertiary/aromatic N) is 1. The van der Waals surface area contributed by atoms with E-state index in [1.165, 1.54) is 0 Å². The number of hydrogen-bond acceptors (Lipinski definition) is 3.